The van der Waals surface area contributed by atoms with E-state index in [9.17, 15) is 0 Å². The third-order valence-corrected chi connectivity index (χ3v) is 12.3. The first-order valence-electron chi connectivity index (χ1n) is 19.3. The molecule has 0 amide bonds. The second-order valence-electron chi connectivity index (χ2n) is 14.4. The minimum atomic E-state index is 0.891. The van der Waals surface area contributed by atoms with E-state index in [1.54, 1.807) is 0 Å². The first kappa shape index (κ1) is 33.2. The third-order valence-electron chi connectivity index (χ3n) is 11.1. The standard InChI is InChI=1S/C54H35NOS/c1-3-14-36(15-4-1)37-26-30-41(31-27-37)55(48-22-10-7-18-42(48)39-29-33-53-47(35-39)45-20-9-12-25-52(45)57-53)49-23-13-21-43(54(49)38-16-5-2-6-17-38)40-28-32-51-46(34-40)44-19-8-11-24-50(44)56-51/h1-35H. The van der Waals surface area contributed by atoms with Crippen molar-refractivity contribution in [1.29, 1.82) is 0 Å². The van der Waals surface area contributed by atoms with Crippen molar-refractivity contribution in [3.05, 3.63) is 212 Å². The highest BCUT2D eigenvalue weighted by atomic mass is 32.1. The summed E-state index contributed by atoms with van der Waals surface area (Å²) in [6.07, 6.45) is 0. The molecule has 0 unspecified atom stereocenters. The van der Waals surface area contributed by atoms with Crippen LogP contribution >= 0.6 is 11.3 Å². The summed E-state index contributed by atoms with van der Waals surface area (Å²) in [7, 11) is 0. The number of benzene rings is 9. The zero-order valence-corrected chi connectivity index (χ0v) is 31.8. The molecule has 11 rings (SSSR count). The fourth-order valence-corrected chi connectivity index (χ4v) is 9.50. The molecular weight excluding hydrogens is 711 g/mol. The quantitative estimate of drug-likeness (QED) is 0.162. The molecular formula is C54H35NOS. The van der Waals surface area contributed by atoms with Gasteiger partial charge in [0.15, 0.2) is 0 Å². The Bertz CT molecular complexity index is 3230. The molecule has 0 saturated carbocycles. The lowest BCUT2D eigenvalue weighted by atomic mass is 9.91. The molecule has 268 valence electrons. The Morgan fingerprint density at radius 1 is 0.333 bits per heavy atom. The zero-order valence-electron chi connectivity index (χ0n) is 31.0. The van der Waals surface area contributed by atoms with E-state index in [1.807, 2.05) is 23.5 Å². The zero-order chi connectivity index (χ0) is 37.7. The van der Waals surface area contributed by atoms with Crippen molar-refractivity contribution in [2.45, 2.75) is 0 Å². The van der Waals surface area contributed by atoms with Crippen LogP contribution in [0.15, 0.2) is 217 Å². The first-order valence-corrected chi connectivity index (χ1v) is 20.1. The maximum absolute atomic E-state index is 6.27. The average molecular weight is 746 g/mol. The van der Waals surface area contributed by atoms with Crippen molar-refractivity contribution in [2.75, 3.05) is 4.90 Å². The predicted octanol–water partition coefficient (Wildman–Crippen LogP) is 16.1. The lowest BCUT2D eigenvalue weighted by Crippen LogP contribution is -2.13. The van der Waals surface area contributed by atoms with Crippen LogP contribution in [0.3, 0.4) is 0 Å². The van der Waals surface area contributed by atoms with Crippen LogP contribution in [0.4, 0.5) is 17.1 Å². The molecule has 9 aromatic carbocycles. The molecule has 0 N–H and O–H groups in total. The number of hydrogen-bond acceptors (Lipinski definition) is 3. The van der Waals surface area contributed by atoms with Crippen molar-refractivity contribution in [2.24, 2.45) is 0 Å². The van der Waals surface area contributed by atoms with Crippen LogP contribution in [0.5, 0.6) is 0 Å². The van der Waals surface area contributed by atoms with Crippen molar-refractivity contribution in [1.82, 2.24) is 0 Å². The Morgan fingerprint density at radius 2 is 0.895 bits per heavy atom. The highest BCUT2D eigenvalue weighted by Crippen LogP contribution is 2.49. The van der Waals surface area contributed by atoms with Gasteiger partial charge in [0, 0.05) is 47.8 Å². The van der Waals surface area contributed by atoms with E-state index in [-0.39, 0.29) is 0 Å². The number of rotatable bonds is 7. The number of anilines is 3. The number of nitrogens with zero attached hydrogens (tertiary/aromatic N) is 1. The molecule has 57 heavy (non-hydrogen) atoms. The Labute approximate surface area is 335 Å². The average Bonchev–Trinajstić information content (AvgIpc) is 3.85. The van der Waals surface area contributed by atoms with E-state index in [2.05, 4.69) is 205 Å². The molecule has 0 aliphatic rings. The van der Waals surface area contributed by atoms with Gasteiger partial charge in [0.1, 0.15) is 11.2 Å². The Morgan fingerprint density at radius 3 is 1.74 bits per heavy atom. The molecule has 0 aliphatic heterocycles. The van der Waals surface area contributed by atoms with Crippen LogP contribution in [0.1, 0.15) is 0 Å². The summed E-state index contributed by atoms with van der Waals surface area (Å²) in [5, 5.41) is 4.82. The molecule has 2 nitrogen and oxygen atoms in total. The lowest BCUT2D eigenvalue weighted by Gasteiger charge is -2.31. The van der Waals surface area contributed by atoms with Crippen molar-refractivity contribution >= 4 is 70.5 Å². The third kappa shape index (κ3) is 5.80. The van der Waals surface area contributed by atoms with Gasteiger partial charge >= 0.3 is 0 Å². The summed E-state index contributed by atoms with van der Waals surface area (Å²) < 4.78 is 8.88. The van der Waals surface area contributed by atoms with Gasteiger partial charge in [-0.25, -0.2) is 0 Å². The van der Waals surface area contributed by atoms with E-state index in [1.165, 1.54) is 36.9 Å². The monoisotopic (exact) mass is 745 g/mol. The van der Waals surface area contributed by atoms with Gasteiger partial charge in [-0.2, -0.15) is 0 Å². The van der Waals surface area contributed by atoms with Crippen molar-refractivity contribution < 1.29 is 4.42 Å². The van der Waals surface area contributed by atoms with E-state index >= 15 is 0 Å². The highest BCUT2D eigenvalue weighted by Gasteiger charge is 2.24. The molecule has 0 fully saturated rings. The largest absolute Gasteiger partial charge is 0.456 e. The van der Waals surface area contributed by atoms with Gasteiger partial charge in [-0.15, -0.1) is 11.3 Å². The van der Waals surface area contributed by atoms with Gasteiger partial charge in [-0.05, 0) is 94.0 Å². The highest BCUT2D eigenvalue weighted by molar-refractivity contribution is 7.25. The summed E-state index contributed by atoms with van der Waals surface area (Å²) in [4.78, 5) is 2.46. The van der Waals surface area contributed by atoms with Crippen LogP contribution in [-0.2, 0) is 0 Å². The maximum atomic E-state index is 6.27. The molecule has 3 heteroatoms. The fraction of sp³-hybridized carbons (Fsp3) is 0. The van der Waals surface area contributed by atoms with Gasteiger partial charge in [0.05, 0.1) is 11.4 Å². The Balaban J connectivity index is 1.16. The summed E-state index contributed by atoms with van der Waals surface area (Å²) in [6, 6.07) is 76.6. The van der Waals surface area contributed by atoms with E-state index in [0.717, 1.165) is 66.8 Å². The van der Waals surface area contributed by atoms with E-state index in [4.69, 9.17) is 4.42 Å². The second kappa shape index (κ2) is 13.8. The van der Waals surface area contributed by atoms with Crippen LogP contribution < -0.4 is 4.90 Å². The number of thiophene rings is 1. The first-order chi connectivity index (χ1) is 28.3. The number of para-hydroxylation sites is 2. The molecule has 0 saturated heterocycles. The minimum Gasteiger partial charge on any atom is -0.456 e. The summed E-state index contributed by atoms with van der Waals surface area (Å²) >= 11 is 1.85. The van der Waals surface area contributed by atoms with Gasteiger partial charge in [-0.3, -0.25) is 0 Å². The van der Waals surface area contributed by atoms with Crippen LogP contribution in [-0.4, -0.2) is 0 Å². The topological polar surface area (TPSA) is 16.4 Å². The number of furan rings is 1. The second-order valence-corrected chi connectivity index (χ2v) is 15.5. The smallest absolute Gasteiger partial charge is 0.135 e. The van der Waals surface area contributed by atoms with Gasteiger partial charge in [0.2, 0.25) is 0 Å². The molecule has 0 atom stereocenters. The maximum Gasteiger partial charge on any atom is 0.135 e. The Hall–Kier alpha value is -7.20. The summed E-state index contributed by atoms with van der Waals surface area (Å²) in [5.41, 5.74) is 14.4. The van der Waals surface area contributed by atoms with Crippen LogP contribution in [0.2, 0.25) is 0 Å². The normalized spacial score (nSPS) is 11.5. The molecule has 0 radical (unpaired) electrons. The van der Waals surface area contributed by atoms with Crippen molar-refractivity contribution in [3.8, 4) is 44.5 Å². The predicted molar refractivity (Wildman–Crippen MR) is 243 cm³/mol. The summed E-state index contributed by atoms with van der Waals surface area (Å²) in [5.74, 6) is 0. The SMILES string of the molecule is c1ccc(-c2ccc(N(c3ccccc3-c3ccc4sc5ccccc5c4c3)c3cccc(-c4ccc5oc6ccccc6c5c4)c3-c3ccccc3)cc2)cc1. The van der Waals surface area contributed by atoms with E-state index < -0.39 is 0 Å². The van der Waals surface area contributed by atoms with Crippen LogP contribution in [0, 0.1) is 0 Å². The molecule has 0 spiro atoms. The number of hydrogen-bond donors (Lipinski definition) is 0. The van der Waals surface area contributed by atoms with Crippen LogP contribution in [0.25, 0.3) is 86.6 Å². The number of fused-ring (bicyclic) bond motifs is 6. The molecule has 2 heterocycles. The van der Waals surface area contributed by atoms with Crippen molar-refractivity contribution in [3.63, 3.8) is 0 Å². The minimum absolute atomic E-state index is 0.891. The molecule has 0 aliphatic carbocycles. The fourth-order valence-electron chi connectivity index (χ4n) is 8.42. The lowest BCUT2D eigenvalue weighted by molar-refractivity contribution is 0.669. The van der Waals surface area contributed by atoms with Gasteiger partial charge in [-0.1, -0.05) is 152 Å². The molecule has 2 aromatic heterocycles. The van der Waals surface area contributed by atoms with E-state index in [0.29, 0.717) is 0 Å². The van der Waals surface area contributed by atoms with Gasteiger partial charge in [0.25, 0.3) is 0 Å². The molecule has 11 aromatic rings. The summed E-state index contributed by atoms with van der Waals surface area (Å²) in [6.45, 7) is 0. The molecule has 0 bridgehead atoms. The Kier molecular flexibility index (Phi) is 8.04. The van der Waals surface area contributed by atoms with Gasteiger partial charge < -0.3 is 9.32 Å².